The van der Waals surface area contributed by atoms with Gasteiger partial charge in [0.1, 0.15) is 0 Å². The molecule has 1 unspecified atom stereocenters. The summed E-state index contributed by atoms with van der Waals surface area (Å²) in [4.78, 5) is 0. The van der Waals surface area contributed by atoms with E-state index in [9.17, 15) is 18.3 Å². The summed E-state index contributed by atoms with van der Waals surface area (Å²) >= 11 is 3.22. The molecule has 0 aliphatic heterocycles. The van der Waals surface area contributed by atoms with E-state index in [0.29, 0.717) is 5.56 Å². The first kappa shape index (κ1) is 13.5. The van der Waals surface area contributed by atoms with E-state index < -0.39 is 18.7 Å². The van der Waals surface area contributed by atoms with Crippen molar-refractivity contribution in [3.8, 4) is 0 Å². The van der Waals surface area contributed by atoms with E-state index in [-0.39, 0.29) is 6.42 Å². The highest BCUT2D eigenvalue weighted by Crippen LogP contribution is 2.30. The van der Waals surface area contributed by atoms with Gasteiger partial charge in [0.25, 0.3) is 0 Å². The van der Waals surface area contributed by atoms with E-state index in [1.54, 1.807) is 25.1 Å². The average molecular weight is 297 g/mol. The van der Waals surface area contributed by atoms with Crippen LogP contribution < -0.4 is 0 Å². The number of benzene rings is 1. The van der Waals surface area contributed by atoms with Gasteiger partial charge in [-0.1, -0.05) is 22.0 Å². The second kappa shape index (κ2) is 5.19. The van der Waals surface area contributed by atoms with Gasteiger partial charge in [0.2, 0.25) is 0 Å². The van der Waals surface area contributed by atoms with E-state index in [1.165, 1.54) is 0 Å². The van der Waals surface area contributed by atoms with Crippen molar-refractivity contribution in [1.82, 2.24) is 0 Å². The van der Waals surface area contributed by atoms with E-state index in [4.69, 9.17) is 0 Å². The lowest BCUT2D eigenvalue weighted by molar-refractivity contribution is -0.140. The summed E-state index contributed by atoms with van der Waals surface area (Å²) in [6.07, 6.45) is -6.57. The topological polar surface area (TPSA) is 20.2 Å². The number of rotatable bonds is 3. The van der Waals surface area contributed by atoms with Crippen molar-refractivity contribution in [1.29, 1.82) is 0 Å². The number of hydrogen-bond acceptors (Lipinski definition) is 1. The summed E-state index contributed by atoms with van der Waals surface area (Å²) in [7, 11) is 0. The van der Waals surface area contributed by atoms with Gasteiger partial charge in [0.05, 0.1) is 6.10 Å². The molecule has 0 amide bonds. The Bertz CT molecular complexity index is 363. The maximum Gasteiger partial charge on any atom is 0.389 e. The molecule has 0 aliphatic rings. The SMILES string of the molecule is Cc1ccc(Br)cc1C(O)CCC(F)(F)F. The van der Waals surface area contributed by atoms with Crippen molar-refractivity contribution in [3.63, 3.8) is 0 Å². The summed E-state index contributed by atoms with van der Waals surface area (Å²) in [6, 6.07) is 5.20. The van der Waals surface area contributed by atoms with Crippen LogP contribution in [0.1, 0.15) is 30.1 Å². The normalized spacial score (nSPS) is 13.9. The lowest BCUT2D eigenvalue weighted by atomic mass is 10.00. The number of hydrogen-bond donors (Lipinski definition) is 1. The quantitative estimate of drug-likeness (QED) is 0.889. The van der Waals surface area contributed by atoms with Crippen molar-refractivity contribution in [2.75, 3.05) is 0 Å². The zero-order valence-electron chi connectivity index (χ0n) is 8.68. The van der Waals surface area contributed by atoms with Gasteiger partial charge in [-0.25, -0.2) is 0 Å². The van der Waals surface area contributed by atoms with Crippen molar-refractivity contribution in [2.24, 2.45) is 0 Å². The largest absolute Gasteiger partial charge is 0.389 e. The molecule has 1 atom stereocenters. The molecule has 5 heteroatoms. The first-order valence-corrected chi connectivity index (χ1v) is 5.60. The van der Waals surface area contributed by atoms with Crippen LogP contribution in [-0.2, 0) is 0 Å². The molecule has 0 aromatic heterocycles. The zero-order chi connectivity index (χ0) is 12.3. The maximum absolute atomic E-state index is 12.0. The molecular weight excluding hydrogens is 285 g/mol. The summed E-state index contributed by atoms with van der Waals surface area (Å²) < 4.78 is 36.7. The lowest BCUT2D eigenvalue weighted by Crippen LogP contribution is -2.10. The van der Waals surface area contributed by atoms with E-state index in [2.05, 4.69) is 15.9 Å². The standard InChI is InChI=1S/C11H12BrF3O/c1-7-2-3-8(12)6-9(7)10(16)4-5-11(13,14)15/h2-3,6,10,16H,4-5H2,1H3. The van der Waals surface area contributed by atoms with Gasteiger partial charge in [-0.05, 0) is 36.6 Å². The van der Waals surface area contributed by atoms with Crippen LogP contribution in [0.2, 0.25) is 0 Å². The Balaban J connectivity index is 2.73. The molecule has 0 saturated carbocycles. The smallest absolute Gasteiger partial charge is 0.388 e. The molecule has 0 heterocycles. The monoisotopic (exact) mass is 296 g/mol. The summed E-state index contributed by atoms with van der Waals surface area (Å²) in [5.41, 5.74) is 1.33. The number of halogens is 4. The van der Waals surface area contributed by atoms with E-state index in [1.807, 2.05) is 0 Å². The minimum Gasteiger partial charge on any atom is -0.388 e. The van der Waals surface area contributed by atoms with Crippen molar-refractivity contribution < 1.29 is 18.3 Å². The Kier molecular flexibility index (Phi) is 4.38. The predicted octanol–water partition coefficient (Wildman–Crippen LogP) is 4.13. The molecule has 16 heavy (non-hydrogen) atoms. The first-order valence-electron chi connectivity index (χ1n) is 4.80. The Morgan fingerprint density at radius 3 is 2.56 bits per heavy atom. The molecule has 0 aliphatic carbocycles. The van der Waals surface area contributed by atoms with Crippen LogP contribution in [0.5, 0.6) is 0 Å². The van der Waals surface area contributed by atoms with Crippen molar-refractivity contribution in [3.05, 3.63) is 33.8 Å². The first-order chi connectivity index (χ1) is 7.29. The van der Waals surface area contributed by atoms with Gasteiger partial charge in [0.15, 0.2) is 0 Å². The van der Waals surface area contributed by atoms with E-state index >= 15 is 0 Å². The molecular formula is C11H12BrF3O. The van der Waals surface area contributed by atoms with E-state index in [0.717, 1.165) is 10.0 Å². The molecule has 0 spiro atoms. The highest BCUT2D eigenvalue weighted by molar-refractivity contribution is 9.10. The molecule has 0 saturated heterocycles. The number of aryl methyl sites for hydroxylation is 1. The molecule has 0 radical (unpaired) electrons. The van der Waals surface area contributed by atoms with Crippen LogP contribution in [0.3, 0.4) is 0 Å². The summed E-state index contributed by atoms with van der Waals surface area (Å²) in [6.45, 7) is 1.76. The third-order valence-corrected chi connectivity index (χ3v) is 2.79. The Morgan fingerprint density at radius 1 is 1.38 bits per heavy atom. The fraction of sp³-hybridized carbons (Fsp3) is 0.455. The highest BCUT2D eigenvalue weighted by atomic mass is 79.9. The van der Waals surface area contributed by atoms with Crippen LogP contribution >= 0.6 is 15.9 Å². The lowest BCUT2D eigenvalue weighted by Gasteiger charge is -2.15. The predicted molar refractivity (Wildman–Crippen MR) is 59.1 cm³/mol. The van der Waals surface area contributed by atoms with Gasteiger partial charge >= 0.3 is 6.18 Å². The Hall–Kier alpha value is -0.550. The summed E-state index contributed by atoms with van der Waals surface area (Å²) in [5.74, 6) is 0. The fourth-order valence-electron chi connectivity index (χ4n) is 1.43. The maximum atomic E-state index is 12.0. The Morgan fingerprint density at radius 2 is 2.00 bits per heavy atom. The molecule has 1 rings (SSSR count). The highest BCUT2D eigenvalue weighted by Gasteiger charge is 2.28. The third kappa shape index (κ3) is 4.14. The molecule has 1 nitrogen and oxygen atoms in total. The third-order valence-electron chi connectivity index (χ3n) is 2.30. The van der Waals surface area contributed by atoms with Gasteiger partial charge in [-0.3, -0.25) is 0 Å². The number of aliphatic hydroxyl groups excluding tert-OH is 1. The van der Waals surface area contributed by atoms with Crippen LogP contribution in [-0.4, -0.2) is 11.3 Å². The molecule has 1 aromatic carbocycles. The number of alkyl halides is 3. The van der Waals surface area contributed by atoms with Crippen LogP contribution in [0, 0.1) is 6.92 Å². The summed E-state index contributed by atoms with van der Waals surface area (Å²) in [5, 5.41) is 9.67. The molecule has 0 bridgehead atoms. The zero-order valence-corrected chi connectivity index (χ0v) is 10.3. The molecule has 1 N–H and O–H groups in total. The second-order valence-electron chi connectivity index (χ2n) is 3.67. The molecule has 90 valence electrons. The van der Waals surface area contributed by atoms with Gasteiger partial charge < -0.3 is 5.11 Å². The average Bonchev–Trinajstić information content (AvgIpc) is 2.17. The van der Waals surface area contributed by atoms with Gasteiger partial charge in [-0.15, -0.1) is 0 Å². The van der Waals surface area contributed by atoms with Crippen molar-refractivity contribution in [2.45, 2.75) is 32.0 Å². The number of aliphatic hydroxyl groups is 1. The van der Waals surface area contributed by atoms with Crippen LogP contribution in [0.25, 0.3) is 0 Å². The van der Waals surface area contributed by atoms with Crippen LogP contribution in [0.4, 0.5) is 13.2 Å². The molecule has 0 fully saturated rings. The second-order valence-corrected chi connectivity index (χ2v) is 4.59. The van der Waals surface area contributed by atoms with Crippen molar-refractivity contribution >= 4 is 15.9 Å². The molecule has 1 aromatic rings. The van der Waals surface area contributed by atoms with Gasteiger partial charge in [-0.2, -0.15) is 13.2 Å². The minimum atomic E-state index is -4.22. The van der Waals surface area contributed by atoms with Crippen LogP contribution in [0.15, 0.2) is 22.7 Å². The minimum absolute atomic E-state index is 0.305. The Labute approximate surface area is 100 Å². The fourth-order valence-corrected chi connectivity index (χ4v) is 1.81. The van der Waals surface area contributed by atoms with Gasteiger partial charge in [0, 0.05) is 10.9 Å².